The van der Waals surface area contributed by atoms with E-state index >= 15 is 0 Å². The molecule has 0 spiro atoms. The molecule has 1 saturated carbocycles. The van der Waals surface area contributed by atoms with Gasteiger partial charge in [-0.25, -0.2) is 0 Å². The van der Waals surface area contributed by atoms with Crippen LogP contribution in [0.1, 0.15) is 17.9 Å². The Hall–Kier alpha value is -1.75. The number of carbonyl (C=O) groups is 1. The van der Waals surface area contributed by atoms with Crippen LogP contribution in [0.25, 0.3) is 0 Å². The zero-order chi connectivity index (χ0) is 11.5. The Balaban J connectivity index is 1.97. The minimum absolute atomic E-state index is 0.140. The van der Waals surface area contributed by atoms with Crippen LogP contribution in [0.2, 0.25) is 0 Å². The number of benzene rings is 1. The highest BCUT2D eigenvalue weighted by Gasteiger charge is 2.44. The maximum Gasteiger partial charge on any atom is 0.226 e. The van der Waals surface area contributed by atoms with E-state index in [1.54, 1.807) is 11.9 Å². The number of hydrogen-bond acceptors (Lipinski definition) is 1. The molecular weight excluding hydrogens is 198 g/mol. The maximum absolute atomic E-state index is 11.9. The van der Waals surface area contributed by atoms with E-state index in [1.807, 2.05) is 18.2 Å². The molecule has 82 valence electrons. The lowest BCUT2D eigenvalue weighted by Gasteiger charge is -2.13. The second-order valence-electron chi connectivity index (χ2n) is 4.26. The first kappa shape index (κ1) is 10.8. The molecule has 0 aliphatic heterocycles. The number of rotatable bonds is 3. The monoisotopic (exact) mass is 213 g/mol. The highest BCUT2D eigenvalue weighted by atomic mass is 16.2. The quantitative estimate of drug-likeness (QED) is 0.702. The third-order valence-corrected chi connectivity index (χ3v) is 3.04. The van der Waals surface area contributed by atoms with Crippen LogP contribution in [0.4, 0.5) is 0 Å². The lowest BCUT2D eigenvalue weighted by atomic mass is 10.1. The van der Waals surface area contributed by atoms with Gasteiger partial charge in [0.05, 0.1) is 6.54 Å². The van der Waals surface area contributed by atoms with Gasteiger partial charge in [-0.1, -0.05) is 36.3 Å². The van der Waals surface area contributed by atoms with Gasteiger partial charge in [0.2, 0.25) is 5.91 Å². The summed E-state index contributed by atoms with van der Waals surface area (Å²) in [4.78, 5) is 13.5. The summed E-state index contributed by atoms with van der Waals surface area (Å²) in [5.41, 5.74) is 1.26. The highest BCUT2D eigenvalue weighted by molar-refractivity contribution is 5.83. The van der Waals surface area contributed by atoms with E-state index in [9.17, 15) is 4.79 Å². The molecule has 1 aliphatic rings. The van der Waals surface area contributed by atoms with Gasteiger partial charge in [0.1, 0.15) is 0 Å². The first-order valence-electron chi connectivity index (χ1n) is 5.47. The SMILES string of the molecule is C#CCN(C)C(=O)C1CC1c1ccccc1. The summed E-state index contributed by atoms with van der Waals surface area (Å²) in [6.45, 7) is 0.400. The van der Waals surface area contributed by atoms with E-state index in [4.69, 9.17) is 6.42 Å². The minimum atomic E-state index is 0.140. The van der Waals surface area contributed by atoms with E-state index in [0.717, 1.165) is 6.42 Å². The molecule has 0 aromatic heterocycles. The Kier molecular flexibility index (Phi) is 2.96. The maximum atomic E-state index is 11.9. The lowest BCUT2D eigenvalue weighted by molar-refractivity contribution is -0.130. The molecule has 2 atom stereocenters. The highest BCUT2D eigenvalue weighted by Crippen LogP contribution is 2.48. The second kappa shape index (κ2) is 4.40. The molecule has 0 saturated heterocycles. The molecule has 1 aromatic rings. The molecule has 1 aliphatic carbocycles. The van der Waals surface area contributed by atoms with Crippen LogP contribution < -0.4 is 0 Å². The second-order valence-corrected chi connectivity index (χ2v) is 4.26. The van der Waals surface area contributed by atoms with Crippen LogP contribution in [0, 0.1) is 18.3 Å². The van der Waals surface area contributed by atoms with Gasteiger partial charge in [-0.2, -0.15) is 0 Å². The predicted octanol–water partition coefficient (Wildman–Crippen LogP) is 1.88. The van der Waals surface area contributed by atoms with Crippen molar-refractivity contribution in [3.05, 3.63) is 35.9 Å². The third kappa shape index (κ3) is 2.09. The van der Waals surface area contributed by atoms with Crippen molar-refractivity contribution in [3.63, 3.8) is 0 Å². The van der Waals surface area contributed by atoms with Gasteiger partial charge in [-0.15, -0.1) is 6.42 Å². The number of terminal acetylenes is 1. The Bertz CT molecular complexity index is 418. The average Bonchev–Trinajstić information content (AvgIpc) is 3.09. The number of hydrogen-bond donors (Lipinski definition) is 0. The lowest BCUT2D eigenvalue weighted by Crippen LogP contribution is -2.28. The summed E-state index contributed by atoms with van der Waals surface area (Å²) < 4.78 is 0. The molecule has 0 bridgehead atoms. The summed E-state index contributed by atoms with van der Waals surface area (Å²) in [5.74, 6) is 3.20. The van der Waals surface area contributed by atoms with Gasteiger partial charge in [0.25, 0.3) is 0 Å². The van der Waals surface area contributed by atoms with Crippen LogP contribution in [0.15, 0.2) is 30.3 Å². The number of carbonyl (C=O) groups excluding carboxylic acids is 1. The van der Waals surface area contributed by atoms with Crippen molar-refractivity contribution in [2.45, 2.75) is 12.3 Å². The summed E-state index contributed by atoms with van der Waals surface area (Å²) >= 11 is 0. The fourth-order valence-corrected chi connectivity index (χ4v) is 2.03. The first-order valence-corrected chi connectivity index (χ1v) is 5.47. The molecule has 1 fully saturated rings. The summed E-state index contributed by atoms with van der Waals surface area (Å²) in [5, 5.41) is 0. The molecule has 0 heterocycles. The largest absolute Gasteiger partial charge is 0.334 e. The average molecular weight is 213 g/mol. The van der Waals surface area contributed by atoms with Crippen molar-refractivity contribution in [1.82, 2.24) is 4.90 Å². The molecule has 2 rings (SSSR count). The summed E-state index contributed by atoms with van der Waals surface area (Å²) in [7, 11) is 1.77. The number of amides is 1. The van der Waals surface area contributed by atoms with Crippen LogP contribution >= 0.6 is 0 Å². The van der Waals surface area contributed by atoms with Crippen LogP contribution in [-0.2, 0) is 4.79 Å². The van der Waals surface area contributed by atoms with E-state index in [-0.39, 0.29) is 11.8 Å². The van der Waals surface area contributed by atoms with E-state index < -0.39 is 0 Å². The fourth-order valence-electron chi connectivity index (χ4n) is 2.03. The molecule has 1 amide bonds. The topological polar surface area (TPSA) is 20.3 Å². The van der Waals surface area contributed by atoms with Gasteiger partial charge in [0, 0.05) is 13.0 Å². The van der Waals surface area contributed by atoms with Crippen molar-refractivity contribution >= 4 is 5.91 Å². The van der Waals surface area contributed by atoms with Gasteiger partial charge in [-0.3, -0.25) is 4.79 Å². The van der Waals surface area contributed by atoms with Gasteiger partial charge >= 0.3 is 0 Å². The molecule has 0 N–H and O–H groups in total. The van der Waals surface area contributed by atoms with Crippen molar-refractivity contribution in [3.8, 4) is 12.3 Å². The predicted molar refractivity (Wildman–Crippen MR) is 63.8 cm³/mol. The molecular formula is C14H15NO. The zero-order valence-corrected chi connectivity index (χ0v) is 9.39. The standard InChI is InChI=1S/C14H15NO/c1-3-9-15(2)14(16)13-10-12(13)11-7-5-4-6-8-11/h1,4-8,12-13H,9-10H2,2H3. The van der Waals surface area contributed by atoms with Crippen molar-refractivity contribution in [2.75, 3.05) is 13.6 Å². The van der Waals surface area contributed by atoms with Crippen molar-refractivity contribution in [1.29, 1.82) is 0 Å². The molecule has 2 heteroatoms. The third-order valence-electron chi connectivity index (χ3n) is 3.04. The summed E-state index contributed by atoms with van der Waals surface area (Å²) in [6.07, 6.45) is 6.15. The molecule has 16 heavy (non-hydrogen) atoms. The van der Waals surface area contributed by atoms with E-state index in [2.05, 4.69) is 18.1 Å². The van der Waals surface area contributed by atoms with E-state index in [0.29, 0.717) is 12.5 Å². The van der Waals surface area contributed by atoms with Gasteiger partial charge < -0.3 is 4.90 Å². The molecule has 2 unspecified atom stereocenters. The minimum Gasteiger partial charge on any atom is -0.334 e. The van der Waals surface area contributed by atoms with E-state index in [1.165, 1.54) is 5.56 Å². The Labute approximate surface area is 96.3 Å². The van der Waals surface area contributed by atoms with Crippen LogP contribution in [0.3, 0.4) is 0 Å². The van der Waals surface area contributed by atoms with Crippen LogP contribution in [0.5, 0.6) is 0 Å². The smallest absolute Gasteiger partial charge is 0.226 e. The fraction of sp³-hybridized carbons (Fsp3) is 0.357. The zero-order valence-electron chi connectivity index (χ0n) is 9.39. The Morgan fingerprint density at radius 1 is 1.50 bits per heavy atom. The normalized spacial score (nSPS) is 22.2. The Morgan fingerprint density at radius 2 is 2.19 bits per heavy atom. The van der Waals surface area contributed by atoms with Crippen molar-refractivity contribution in [2.24, 2.45) is 5.92 Å². The number of nitrogens with zero attached hydrogens (tertiary/aromatic N) is 1. The first-order chi connectivity index (χ1) is 7.74. The molecule has 1 aromatic carbocycles. The molecule has 2 nitrogen and oxygen atoms in total. The molecule has 0 radical (unpaired) electrons. The Morgan fingerprint density at radius 3 is 2.81 bits per heavy atom. The van der Waals surface area contributed by atoms with Gasteiger partial charge in [0.15, 0.2) is 0 Å². The van der Waals surface area contributed by atoms with Gasteiger partial charge in [-0.05, 0) is 17.9 Å². The summed E-state index contributed by atoms with van der Waals surface area (Å²) in [6, 6.07) is 10.2. The van der Waals surface area contributed by atoms with Crippen LogP contribution in [-0.4, -0.2) is 24.4 Å². The van der Waals surface area contributed by atoms with Crippen molar-refractivity contribution < 1.29 is 4.79 Å².